The molecule has 9 atom stereocenters. The zero-order chi connectivity index (χ0) is 21.0. The van der Waals surface area contributed by atoms with Gasteiger partial charge in [0.05, 0.1) is 35.9 Å². The quantitative estimate of drug-likeness (QED) is 0.363. The van der Waals surface area contributed by atoms with Gasteiger partial charge in [-0.3, -0.25) is 4.79 Å². The van der Waals surface area contributed by atoms with Crippen molar-refractivity contribution in [2.75, 3.05) is 6.61 Å². The standard InChI is InChI=1S/C21H32O7/c1-9-11(22)7-21(27)10(2)16-19(5,12(23)6-13-20(16,26)8-28-13)17(25)15(24)14(9)18(21,3)4/h10-13,15-16,22-24,26-27H,6-8H2,1-5H3/t10?,11?,12?,13?,15?,16?,19?,20-,21?/m0/s1. The maximum absolute atomic E-state index is 13.6. The van der Waals surface area contributed by atoms with Crippen LogP contribution in [0.4, 0.5) is 0 Å². The van der Waals surface area contributed by atoms with Crippen molar-refractivity contribution in [1.82, 2.24) is 0 Å². The predicted molar refractivity (Wildman–Crippen MR) is 99.1 cm³/mol. The molecule has 0 aromatic rings. The highest BCUT2D eigenvalue weighted by Crippen LogP contribution is 2.64. The number of hydrogen-bond donors (Lipinski definition) is 5. The van der Waals surface area contributed by atoms with Crippen LogP contribution in [0.2, 0.25) is 0 Å². The first-order valence-corrected chi connectivity index (χ1v) is 10.1. The molecule has 1 saturated heterocycles. The second kappa shape index (κ2) is 5.65. The Hall–Kier alpha value is -0.830. The van der Waals surface area contributed by atoms with Gasteiger partial charge in [-0.1, -0.05) is 20.8 Å². The lowest BCUT2D eigenvalue weighted by atomic mass is 9.43. The highest BCUT2D eigenvalue weighted by Gasteiger charge is 2.73. The van der Waals surface area contributed by atoms with Crippen LogP contribution < -0.4 is 0 Å². The summed E-state index contributed by atoms with van der Waals surface area (Å²) in [5.74, 6) is -2.05. The molecule has 0 amide bonds. The summed E-state index contributed by atoms with van der Waals surface area (Å²) < 4.78 is 5.49. The summed E-state index contributed by atoms with van der Waals surface area (Å²) in [7, 11) is 0. The van der Waals surface area contributed by atoms with Gasteiger partial charge in [-0.15, -0.1) is 0 Å². The minimum absolute atomic E-state index is 0.0130. The second-order valence-electron chi connectivity index (χ2n) is 10.2. The van der Waals surface area contributed by atoms with Crippen molar-refractivity contribution in [2.45, 2.75) is 83.1 Å². The fraction of sp³-hybridized carbons (Fsp3) is 0.857. The summed E-state index contributed by atoms with van der Waals surface area (Å²) in [4.78, 5) is 13.6. The molecule has 7 heteroatoms. The lowest BCUT2D eigenvalue weighted by molar-refractivity contribution is -0.335. The van der Waals surface area contributed by atoms with E-state index >= 15 is 0 Å². The molecule has 5 N–H and O–H groups in total. The van der Waals surface area contributed by atoms with E-state index in [2.05, 4.69) is 0 Å². The monoisotopic (exact) mass is 396 g/mol. The lowest BCUT2D eigenvalue weighted by Crippen LogP contribution is -2.78. The molecule has 0 aromatic carbocycles. The Morgan fingerprint density at radius 2 is 1.71 bits per heavy atom. The van der Waals surface area contributed by atoms with Gasteiger partial charge in [0.2, 0.25) is 0 Å². The molecule has 2 bridgehead atoms. The van der Waals surface area contributed by atoms with Crippen molar-refractivity contribution in [3.8, 4) is 0 Å². The zero-order valence-electron chi connectivity index (χ0n) is 17.1. The normalized spacial score (nSPS) is 55.6. The van der Waals surface area contributed by atoms with Crippen molar-refractivity contribution in [3.63, 3.8) is 0 Å². The number of fused-ring (bicyclic) bond motifs is 5. The van der Waals surface area contributed by atoms with Gasteiger partial charge in [0, 0.05) is 24.2 Å². The minimum atomic E-state index is -1.58. The van der Waals surface area contributed by atoms with Crippen LogP contribution >= 0.6 is 0 Å². The van der Waals surface area contributed by atoms with Crippen molar-refractivity contribution in [2.24, 2.45) is 22.7 Å². The van der Waals surface area contributed by atoms with E-state index in [1.165, 1.54) is 0 Å². The van der Waals surface area contributed by atoms with E-state index in [-0.39, 0.29) is 19.4 Å². The smallest absolute Gasteiger partial charge is 0.174 e. The number of rotatable bonds is 0. The molecule has 4 aliphatic rings. The van der Waals surface area contributed by atoms with Gasteiger partial charge in [0.1, 0.15) is 11.7 Å². The van der Waals surface area contributed by atoms with Gasteiger partial charge < -0.3 is 30.3 Å². The zero-order valence-corrected chi connectivity index (χ0v) is 17.1. The number of hydrogen-bond acceptors (Lipinski definition) is 7. The number of carbonyl (C=O) groups excluding carboxylic acids is 1. The first kappa shape index (κ1) is 20.4. The van der Waals surface area contributed by atoms with E-state index in [4.69, 9.17) is 4.74 Å². The van der Waals surface area contributed by atoms with Crippen LogP contribution in [0.5, 0.6) is 0 Å². The maximum Gasteiger partial charge on any atom is 0.174 e. The van der Waals surface area contributed by atoms with E-state index in [1.807, 2.05) is 0 Å². The Balaban J connectivity index is 2.01. The second-order valence-corrected chi connectivity index (χ2v) is 10.2. The average Bonchev–Trinajstić information content (AvgIpc) is 2.60. The Morgan fingerprint density at radius 3 is 2.25 bits per heavy atom. The molecule has 28 heavy (non-hydrogen) atoms. The third-order valence-corrected chi connectivity index (χ3v) is 8.88. The highest BCUT2D eigenvalue weighted by molar-refractivity contribution is 5.93. The molecule has 158 valence electrons. The van der Waals surface area contributed by atoms with Crippen molar-refractivity contribution < 1.29 is 35.1 Å². The molecule has 1 aliphatic heterocycles. The molecule has 0 spiro atoms. The van der Waals surface area contributed by atoms with E-state index in [0.29, 0.717) is 11.1 Å². The SMILES string of the molecule is CC1=C2C(O)C(=O)C3(C)C(O)CC4OC[C@@]4(O)C3C(C)C(O)(CC1O)C2(C)C. The molecule has 2 saturated carbocycles. The molecule has 3 fully saturated rings. The van der Waals surface area contributed by atoms with E-state index in [9.17, 15) is 30.3 Å². The van der Waals surface area contributed by atoms with Crippen molar-refractivity contribution >= 4 is 5.78 Å². The summed E-state index contributed by atoms with van der Waals surface area (Å²) >= 11 is 0. The van der Waals surface area contributed by atoms with Gasteiger partial charge in [0.25, 0.3) is 0 Å². The topological polar surface area (TPSA) is 127 Å². The van der Waals surface area contributed by atoms with Crippen LogP contribution in [0.25, 0.3) is 0 Å². The van der Waals surface area contributed by atoms with E-state index < -0.39 is 64.1 Å². The summed E-state index contributed by atoms with van der Waals surface area (Å²) in [5.41, 5.74) is -4.54. The Kier molecular flexibility index (Phi) is 4.13. The first-order chi connectivity index (χ1) is 12.7. The van der Waals surface area contributed by atoms with Crippen LogP contribution in [0, 0.1) is 22.7 Å². The number of ether oxygens (including phenoxy) is 1. The number of aliphatic hydroxyl groups is 5. The van der Waals surface area contributed by atoms with E-state index in [1.54, 1.807) is 34.6 Å². The molecule has 4 rings (SSSR count). The van der Waals surface area contributed by atoms with Crippen LogP contribution in [0.3, 0.4) is 0 Å². The van der Waals surface area contributed by atoms with Gasteiger partial charge in [-0.05, 0) is 30.9 Å². The Bertz CT molecular complexity index is 760. The molecule has 3 aliphatic carbocycles. The van der Waals surface area contributed by atoms with Crippen LogP contribution in [-0.2, 0) is 9.53 Å². The maximum atomic E-state index is 13.6. The number of carbonyl (C=O) groups is 1. The van der Waals surface area contributed by atoms with Crippen molar-refractivity contribution in [1.29, 1.82) is 0 Å². The number of Topliss-reactive ketones (excluding diaryl/α,β-unsaturated/α-hetero) is 1. The molecule has 1 heterocycles. The fourth-order valence-corrected chi connectivity index (χ4v) is 7.00. The average molecular weight is 396 g/mol. The molecular formula is C21H32O7. The number of ketones is 1. The number of aliphatic hydroxyl groups excluding tert-OH is 3. The van der Waals surface area contributed by atoms with E-state index in [0.717, 1.165) is 0 Å². The Morgan fingerprint density at radius 1 is 1.11 bits per heavy atom. The molecule has 8 unspecified atom stereocenters. The largest absolute Gasteiger partial charge is 0.392 e. The third-order valence-electron chi connectivity index (χ3n) is 8.88. The summed E-state index contributed by atoms with van der Waals surface area (Å²) in [6.07, 6.45) is -4.20. The van der Waals surface area contributed by atoms with Gasteiger partial charge in [-0.25, -0.2) is 0 Å². The molecule has 0 aromatic heterocycles. The van der Waals surface area contributed by atoms with Gasteiger partial charge in [0.15, 0.2) is 5.78 Å². The lowest BCUT2D eigenvalue weighted by Gasteiger charge is -2.67. The third kappa shape index (κ3) is 2.03. The van der Waals surface area contributed by atoms with Crippen LogP contribution in [0.15, 0.2) is 11.1 Å². The highest BCUT2D eigenvalue weighted by atomic mass is 16.6. The predicted octanol–water partition coefficient (Wildman–Crippen LogP) is -0.0785. The van der Waals surface area contributed by atoms with Crippen LogP contribution in [-0.4, -0.2) is 73.5 Å². The Labute approximate surface area is 165 Å². The minimum Gasteiger partial charge on any atom is -0.392 e. The fourth-order valence-electron chi connectivity index (χ4n) is 7.00. The summed E-state index contributed by atoms with van der Waals surface area (Å²) in [6, 6.07) is 0. The van der Waals surface area contributed by atoms with Crippen molar-refractivity contribution in [3.05, 3.63) is 11.1 Å². The first-order valence-electron chi connectivity index (χ1n) is 10.1. The molecule has 0 radical (unpaired) electrons. The summed E-state index contributed by atoms with van der Waals surface area (Å²) in [6.45, 7) is 8.58. The summed E-state index contributed by atoms with van der Waals surface area (Å²) in [5, 5.41) is 56.1. The van der Waals surface area contributed by atoms with Gasteiger partial charge >= 0.3 is 0 Å². The van der Waals surface area contributed by atoms with Gasteiger partial charge in [-0.2, -0.15) is 0 Å². The molecule has 7 nitrogen and oxygen atoms in total. The molecular weight excluding hydrogens is 364 g/mol. The van der Waals surface area contributed by atoms with Crippen LogP contribution in [0.1, 0.15) is 47.5 Å².